The second-order valence-electron chi connectivity index (χ2n) is 5.66. The summed E-state index contributed by atoms with van der Waals surface area (Å²) in [6.45, 7) is 7.41. The van der Waals surface area contributed by atoms with E-state index in [1.807, 2.05) is 20.8 Å². The molecule has 0 bridgehead atoms. The van der Waals surface area contributed by atoms with Crippen LogP contribution in [-0.2, 0) is 5.41 Å². The third kappa shape index (κ3) is 2.26. The highest BCUT2D eigenvalue weighted by molar-refractivity contribution is 5.84. The lowest BCUT2D eigenvalue weighted by atomic mass is 9.86. The van der Waals surface area contributed by atoms with Crippen LogP contribution in [0.3, 0.4) is 0 Å². The topological polar surface area (TPSA) is 50.9 Å². The van der Waals surface area contributed by atoms with Gasteiger partial charge in [-0.05, 0) is 30.0 Å². The van der Waals surface area contributed by atoms with E-state index in [0.29, 0.717) is 5.82 Å². The lowest BCUT2D eigenvalue weighted by Gasteiger charge is -2.22. The Bertz CT molecular complexity index is 645. The van der Waals surface area contributed by atoms with Gasteiger partial charge in [0.1, 0.15) is 23.0 Å². The highest BCUT2D eigenvalue weighted by atomic mass is 19.1. The van der Waals surface area contributed by atoms with Crippen molar-refractivity contribution in [2.24, 2.45) is 5.84 Å². The van der Waals surface area contributed by atoms with Crippen LogP contribution in [0.15, 0.2) is 12.1 Å². The number of nitrogens with zero attached hydrogens (tertiary/aromatic N) is 1. The minimum absolute atomic E-state index is 0.0101. The number of hydrazine groups is 1. The van der Waals surface area contributed by atoms with Crippen LogP contribution >= 0.6 is 0 Å². The number of nitrogen functional groups attached to an aromatic ring is 1. The third-order valence-electron chi connectivity index (χ3n) is 3.12. The van der Waals surface area contributed by atoms with Crippen LogP contribution in [-0.4, -0.2) is 4.98 Å². The molecule has 0 spiro atoms. The number of halogens is 2. The first-order chi connectivity index (χ1) is 8.75. The third-order valence-corrected chi connectivity index (χ3v) is 3.12. The Morgan fingerprint density at radius 1 is 1.21 bits per heavy atom. The maximum absolute atomic E-state index is 14.1. The minimum atomic E-state index is -0.550. The van der Waals surface area contributed by atoms with Gasteiger partial charge in [-0.15, -0.1) is 0 Å². The molecule has 0 fully saturated rings. The standard InChI is InChI=1S/C14H17F2N3/c1-7-5-10(15)12-8(11(7)16)6-9(14(2,3)4)13(18-12)19-17/h5-6H,17H2,1-4H3,(H,18,19). The molecule has 1 heterocycles. The lowest BCUT2D eigenvalue weighted by Crippen LogP contribution is -2.19. The molecule has 102 valence electrons. The average Bonchev–Trinajstić information content (AvgIpc) is 2.33. The molecular weight excluding hydrogens is 248 g/mol. The predicted molar refractivity (Wildman–Crippen MR) is 72.9 cm³/mol. The molecule has 1 aromatic heterocycles. The molecule has 0 unspecified atom stereocenters. The van der Waals surface area contributed by atoms with E-state index in [-0.39, 0.29) is 21.9 Å². The molecule has 0 amide bonds. The van der Waals surface area contributed by atoms with E-state index in [2.05, 4.69) is 10.4 Å². The number of hydrogen-bond acceptors (Lipinski definition) is 3. The van der Waals surface area contributed by atoms with Crippen LogP contribution in [0.2, 0.25) is 0 Å². The Kier molecular flexibility index (Phi) is 3.18. The average molecular weight is 265 g/mol. The van der Waals surface area contributed by atoms with E-state index in [9.17, 15) is 8.78 Å². The summed E-state index contributed by atoms with van der Waals surface area (Å²) in [6.07, 6.45) is 0. The first-order valence-electron chi connectivity index (χ1n) is 6.02. The molecule has 1 aromatic carbocycles. The second-order valence-corrected chi connectivity index (χ2v) is 5.66. The van der Waals surface area contributed by atoms with E-state index in [1.165, 1.54) is 6.92 Å². The van der Waals surface area contributed by atoms with Crippen molar-refractivity contribution in [2.45, 2.75) is 33.1 Å². The number of nitrogens with one attached hydrogen (secondary N) is 1. The number of hydrogen-bond donors (Lipinski definition) is 2. The molecule has 3 nitrogen and oxygen atoms in total. The normalized spacial score (nSPS) is 11.9. The van der Waals surface area contributed by atoms with Gasteiger partial charge < -0.3 is 5.43 Å². The number of nitrogens with two attached hydrogens (primary N) is 1. The van der Waals surface area contributed by atoms with Crippen LogP contribution < -0.4 is 11.3 Å². The number of aryl methyl sites for hydroxylation is 1. The van der Waals surface area contributed by atoms with Crippen molar-refractivity contribution in [2.75, 3.05) is 5.43 Å². The second kappa shape index (κ2) is 4.42. The van der Waals surface area contributed by atoms with Crippen LogP contribution in [0.25, 0.3) is 10.9 Å². The lowest BCUT2D eigenvalue weighted by molar-refractivity contribution is 0.585. The summed E-state index contributed by atoms with van der Waals surface area (Å²) in [5, 5.41) is 0.182. The Balaban J connectivity index is 2.90. The molecule has 19 heavy (non-hydrogen) atoms. The summed E-state index contributed by atoms with van der Waals surface area (Å²) in [7, 11) is 0. The molecule has 0 saturated heterocycles. The van der Waals surface area contributed by atoms with E-state index >= 15 is 0 Å². The molecule has 0 aliphatic heterocycles. The Morgan fingerprint density at radius 2 is 1.84 bits per heavy atom. The predicted octanol–water partition coefficient (Wildman–Crippen LogP) is 3.40. The van der Waals surface area contributed by atoms with Crippen molar-refractivity contribution >= 4 is 16.7 Å². The molecular formula is C14H17F2N3. The van der Waals surface area contributed by atoms with Crippen LogP contribution in [0.1, 0.15) is 31.9 Å². The van der Waals surface area contributed by atoms with Gasteiger partial charge in [0.25, 0.3) is 0 Å². The van der Waals surface area contributed by atoms with Gasteiger partial charge in [-0.1, -0.05) is 20.8 Å². The maximum Gasteiger partial charge on any atom is 0.149 e. The summed E-state index contributed by atoms with van der Waals surface area (Å²) < 4.78 is 28.0. The first-order valence-corrected chi connectivity index (χ1v) is 6.02. The molecule has 0 atom stereocenters. The fourth-order valence-corrected chi connectivity index (χ4v) is 2.08. The zero-order valence-electron chi connectivity index (χ0n) is 11.4. The number of anilines is 1. The molecule has 0 radical (unpaired) electrons. The Morgan fingerprint density at radius 3 is 2.37 bits per heavy atom. The summed E-state index contributed by atoms with van der Waals surface area (Å²) in [6, 6.07) is 2.75. The van der Waals surface area contributed by atoms with E-state index in [0.717, 1.165) is 11.6 Å². The number of rotatable bonds is 1. The number of aromatic nitrogens is 1. The SMILES string of the molecule is Cc1cc(F)c2nc(NN)c(C(C)(C)C)cc2c1F. The van der Waals surface area contributed by atoms with Crippen molar-refractivity contribution in [3.05, 3.63) is 34.9 Å². The van der Waals surface area contributed by atoms with Gasteiger partial charge in [-0.3, -0.25) is 0 Å². The van der Waals surface area contributed by atoms with Gasteiger partial charge >= 0.3 is 0 Å². The minimum Gasteiger partial charge on any atom is -0.308 e. The van der Waals surface area contributed by atoms with Crippen molar-refractivity contribution in [3.8, 4) is 0 Å². The van der Waals surface area contributed by atoms with Crippen molar-refractivity contribution < 1.29 is 8.78 Å². The van der Waals surface area contributed by atoms with Gasteiger partial charge in [0.2, 0.25) is 0 Å². The Labute approximate surface area is 110 Å². The maximum atomic E-state index is 14.1. The molecule has 3 N–H and O–H groups in total. The summed E-state index contributed by atoms with van der Waals surface area (Å²) in [5.74, 6) is 4.79. The van der Waals surface area contributed by atoms with E-state index < -0.39 is 11.6 Å². The summed E-state index contributed by atoms with van der Waals surface area (Å²) >= 11 is 0. The van der Waals surface area contributed by atoms with Crippen molar-refractivity contribution in [1.82, 2.24) is 4.98 Å². The van der Waals surface area contributed by atoms with Crippen molar-refractivity contribution in [3.63, 3.8) is 0 Å². The number of benzene rings is 1. The smallest absolute Gasteiger partial charge is 0.149 e. The van der Waals surface area contributed by atoms with E-state index in [1.54, 1.807) is 6.07 Å². The Hall–Kier alpha value is -1.75. The summed E-state index contributed by atoms with van der Waals surface area (Å²) in [4.78, 5) is 4.11. The van der Waals surface area contributed by atoms with Crippen LogP contribution in [0.5, 0.6) is 0 Å². The zero-order chi connectivity index (χ0) is 14.4. The number of fused-ring (bicyclic) bond motifs is 1. The highest BCUT2D eigenvalue weighted by Crippen LogP contribution is 2.33. The molecule has 5 heteroatoms. The molecule has 0 aliphatic rings. The quantitative estimate of drug-likeness (QED) is 0.613. The van der Waals surface area contributed by atoms with Crippen molar-refractivity contribution in [1.29, 1.82) is 0 Å². The fourth-order valence-electron chi connectivity index (χ4n) is 2.08. The molecule has 2 aromatic rings. The van der Waals surface area contributed by atoms with Gasteiger partial charge in [-0.2, -0.15) is 0 Å². The summed E-state index contributed by atoms with van der Waals surface area (Å²) in [5.41, 5.74) is 3.17. The monoisotopic (exact) mass is 265 g/mol. The fraction of sp³-hybridized carbons (Fsp3) is 0.357. The van der Waals surface area contributed by atoms with Gasteiger partial charge in [0, 0.05) is 10.9 Å². The van der Waals surface area contributed by atoms with Gasteiger partial charge in [0.05, 0.1) is 0 Å². The van der Waals surface area contributed by atoms with E-state index in [4.69, 9.17) is 5.84 Å². The van der Waals surface area contributed by atoms with Crippen LogP contribution in [0, 0.1) is 18.6 Å². The van der Waals surface area contributed by atoms with Crippen LogP contribution in [0.4, 0.5) is 14.6 Å². The van der Waals surface area contributed by atoms with Gasteiger partial charge in [0.15, 0.2) is 0 Å². The zero-order valence-corrected chi connectivity index (χ0v) is 11.4. The first kappa shape index (κ1) is 13.7. The highest BCUT2D eigenvalue weighted by Gasteiger charge is 2.22. The number of pyridine rings is 1. The molecule has 0 saturated carbocycles. The van der Waals surface area contributed by atoms with Gasteiger partial charge in [-0.25, -0.2) is 19.6 Å². The molecule has 0 aliphatic carbocycles. The largest absolute Gasteiger partial charge is 0.308 e. The molecule has 2 rings (SSSR count).